The number of carbonyl (C=O) groups is 1. The van der Waals surface area contributed by atoms with Crippen LogP contribution in [-0.4, -0.2) is 27.2 Å². The van der Waals surface area contributed by atoms with Crippen molar-refractivity contribution in [1.82, 2.24) is 9.78 Å². The van der Waals surface area contributed by atoms with Gasteiger partial charge < -0.3 is 9.15 Å². The number of hydrogen-bond acceptors (Lipinski definition) is 9. The highest BCUT2D eigenvalue weighted by Gasteiger charge is 2.17. The van der Waals surface area contributed by atoms with Crippen molar-refractivity contribution < 1.29 is 18.9 Å². The summed E-state index contributed by atoms with van der Waals surface area (Å²) in [5.74, 6) is -0.403. The third-order valence-corrected chi connectivity index (χ3v) is 4.90. The van der Waals surface area contributed by atoms with Crippen LogP contribution in [0.25, 0.3) is 11.0 Å². The van der Waals surface area contributed by atoms with Crippen LogP contribution in [0.4, 0.5) is 17.1 Å². The van der Waals surface area contributed by atoms with Gasteiger partial charge in [-0.15, -0.1) is 5.11 Å². The zero-order valence-electron chi connectivity index (χ0n) is 18.0. The van der Waals surface area contributed by atoms with Crippen molar-refractivity contribution in [3.05, 3.63) is 90.7 Å². The molecule has 0 aliphatic carbocycles. The maximum atomic E-state index is 12.6. The van der Waals surface area contributed by atoms with Gasteiger partial charge in [0.05, 0.1) is 16.3 Å². The first kappa shape index (κ1) is 22.3. The van der Waals surface area contributed by atoms with Crippen LogP contribution < -0.4 is 15.9 Å². The summed E-state index contributed by atoms with van der Waals surface area (Å²) in [6, 6.07) is 11.5. The molecule has 12 nitrogen and oxygen atoms in total. The fourth-order valence-electron chi connectivity index (χ4n) is 3.18. The Bertz CT molecular complexity index is 1560. The molecule has 0 saturated heterocycles. The Hall–Kier alpha value is -4.87. The first-order chi connectivity index (χ1) is 16.2. The quantitative estimate of drug-likeness (QED) is 0.196. The molecule has 0 amide bonds. The minimum Gasteiger partial charge on any atom is -0.484 e. The van der Waals surface area contributed by atoms with E-state index < -0.39 is 28.6 Å². The predicted octanol–water partition coefficient (Wildman–Crippen LogP) is 3.94. The standard InChI is InChI=1S/C22H17N5O7/c1-12-9-20(29)34-18-10-16(7-8-17(12)18)33-11-19(28)26-22(30)21(13(2)25-26)24-23-14-3-5-15(6-4-14)27(31)32/h3-10,25H,11H2,1-2H3. The van der Waals surface area contributed by atoms with E-state index in [1.165, 1.54) is 36.4 Å². The van der Waals surface area contributed by atoms with Crippen LogP contribution >= 0.6 is 0 Å². The summed E-state index contributed by atoms with van der Waals surface area (Å²) in [6.07, 6.45) is 0. The third-order valence-electron chi connectivity index (χ3n) is 4.90. The fraction of sp³-hybridized carbons (Fsp3) is 0.136. The van der Waals surface area contributed by atoms with Crippen LogP contribution in [0.5, 0.6) is 5.75 Å². The van der Waals surface area contributed by atoms with E-state index in [9.17, 15) is 24.5 Å². The van der Waals surface area contributed by atoms with E-state index in [-0.39, 0.29) is 17.1 Å². The van der Waals surface area contributed by atoms with Gasteiger partial charge in [0, 0.05) is 29.7 Å². The zero-order chi connectivity index (χ0) is 24.4. The number of fused-ring (bicyclic) bond motifs is 1. The van der Waals surface area contributed by atoms with Gasteiger partial charge in [-0.1, -0.05) is 0 Å². The number of hydrogen-bond donors (Lipinski definition) is 1. The number of H-pyrrole nitrogens is 1. The number of aromatic nitrogens is 2. The molecule has 12 heteroatoms. The topological polar surface area (TPSA) is 162 Å². The molecule has 2 aromatic carbocycles. The molecule has 2 heterocycles. The second kappa shape index (κ2) is 8.94. The molecule has 172 valence electrons. The summed E-state index contributed by atoms with van der Waals surface area (Å²) in [4.78, 5) is 46.9. The van der Waals surface area contributed by atoms with Crippen LogP contribution in [0.2, 0.25) is 0 Å². The largest absolute Gasteiger partial charge is 0.484 e. The highest BCUT2D eigenvalue weighted by molar-refractivity contribution is 5.82. The van der Waals surface area contributed by atoms with Crippen molar-refractivity contribution in [1.29, 1.82) is 0 Å². The molecular formula is C22H17N5O7. The van der Waals surface area contributed by atoms with Crippen molar-refractivity contribution in [3.8, 4) is 5.75 Å². The Morgan fingerprint density at radius 1 is 1.12 bits per heavy atom. The molecule has 0 fully saturated rings. The molecule has 0 saturated carbocycles. The zero-order valence-corrected chi connectivity index (χ0v) is 18.0. The van der Waals surface area contributed by atoms with Gasteiger partial charge in [0.15, 0.2) is 12.3 Å². The number of azo groups is 1. The summed E-state index contributed by atoms with van der Waals surface area (Å²) in [6.45, 7) is 2.85. The van der Waals surface area contributed by atoms with Crippen LogP contribution in [0.1, 0.15) is 16.1 Å². The van der Waals surface area contributed by atoms with E-state index >= 15 is 0 Å². The summed E-state index contributed by atoms with van der Waals surface area (Å²) >= 11 is 0. The van der Waals surface area contributed by atoms with Crippen molar-refractivity contribution in [2.75, 3.05) is 6.61 Å². The van der Waals surface area contributed by atoms with E-state index in [4.69, 9.17) is 9.15 Å². The van der Waals surface area contributed by atoms with Crippen LogP contribution in [0.3, 0.4) is 0 Å². The van der Waals surface area contributed by atoms with E-state index in [2.05, 4.69) is 15.3 Å². The Balaban J connectivity index is 1.49. The monoisotopic (exact) mass is 463 g/mol. The SMILES string of the molecule is Cc1[nH]n(C(=O)COc2ccc3c(C)cc(=O)oc3c2)c(=O)c1N=Nc1ccc([N+](=O)[O-])cc1. The molecule has 2 aromatic heterocycles. The summed E-state index contributed by atoms with van der Waals surface area (Å²) in [5, 5.41) is 21.9. The van der Waals surface area contributed by atoms with Crippen molar-refractivity contribution in [2.24, 2.45) is 10.2 Å². The van der Waals surface area contributed by atoms with E-state index in [0.717, 1.165) is 15.6 Å². The lowest BCUT2D eigenvalue weighted by molar-refractivity contribution is -0.384. The van der Waals surface area contributed by atoms with Crippen LogP contribution in [-0.2, 0) is 0 Å². The molecule has 0 atom stereocenters. The van der Waals surface area contributed by atoms with Gasteiger partial charge in [-0.25, -0.2) is 4.79 Å². The van der Waals surface area contributed by atoms with Crippen molar-refractivity contribution in [3.63, 3.8) is 0 Å². The lowest BCUT2D eigenvalue weighted by atomic mass is 10.1. The van der Waals surface area contributed by atoms with Crippen molar-refractivity contribution >= 4 is 33.9 Å². The number of non-ortho nitro benzene ring substituents is 1. The Kier molecular flexibility index (Phi) is 5.87. The van der Waals surface area contributed by atoms with Gasteiger partial charge in [0.2, 0.25) is 0 Å². The smallest absolute Gasteiger partial charge is 0.336 e. The number of benzene rings is 2. The van der Waals surface area contributed by atoms with Gasteiger partial charge in [0.25, 0.3) is 11.6 Å². The van der Waals surface area contributed by atoms with E-state index in [0.29, 0.717) is 17.0 Å². The molecule has 4 aromatic rings. The molecule has 0 aliphatic heterocycles. The Labute approximate surface area is 190 Å². The van der Waals surface area contributed by atoms with Gasteiger partial charge in [-0.3, -0.25) is 24.8 Å². The Morgan fingerprint density at radius 2 is 1.85 bits per heavy atom. The van der Waals surface area contributed by atoms with Gasteiger partial charge in [-0.2, -0.15) is 9.80 Å². The van der Waals surface area contributed by atoms with E-state index in [1.54, 1.807) is 26.0 Å². The highest BCUT2D eigenvalue weighted by Crippen LogP contribution is 2.23. The highest BCUT2D eigenvalue weighted by atomic mass is 16.6. The van der Waals surface area contributed by atoms with Crippen molar-refractivity contribution in [2.45, 2.75) is 13.8 Å². The minimum absolute atomic E-state index is 0.0883. The molecule has 0 radical (unpaired) electrons. The average Bonchev–Trinajstić information content (AvgIpc) is 3.09. The number of nitro benzene ring substituents is 1. The van der Waals surface area contributed by atoms with Crippen LogP contribution in [0.15, 0.2) is 72.8 Å². The van der Waals surface area contributed by atoms with Crippen LogP contribution in [0, 0.1) is 24.0 Å². The normalized spacial score (nSPS) is 11.2. The third kappa shape index (κ3) is 4.50. The fourth-order valence-corrected chi connectivity index (χ4v) is 3.18. The minimum atomic E-state index is -0.725. The number of aryl methyl sites for hydroxylation is 2. The van der Waals surface area contributed by atoms with Gasteiger partial charge >= 0.3 is 11.2 Å². The molecule has 34 heavy (non-hydrogen) atoms. The predicted molar refractivity (Wildman–Crippen MR) is 120 cm³/mol. The number of aromatic amines is 1. The molecule has 0 aliphatic rings. The number of carbonyl (C=O) groups excluding carboxylic acids is 1. The Morgan fingerprint density at radius 3 is 2.56 bits per heavy atom. The average molecular weight is 463 g/mol. The molecule has 1 N–H and O–H groups in total. The number of nitro groups is 1. The molecule has 4 rings (SSSR count). The molecular weight excluding hydrogens is 446 g/mol. The second-order valence-corrected chi connectivity index (χ2v) is 7.29. The molecule has 0 spiro atoms. The van der Waals surface area contributed by atoms with Gasteiger partial charge in [0.1, 0.15) is 11.3 Å². The summed E-state index contributed by atoms with van der Waals surface area (Å²) in [5.41, 5.74) is 0.244. The summed E-state index contributed by atoms with van der Waals surface area (Å²) < 4.78 is 11.4. The number of ether oxygens (including phenoxy) is 1. The lowest BCUT2D eigenvalue weighted by Gasteiger charge is -2.07. The van der Waals surface area contributed by atoms with E-state index in [1.807, 2.05) is 0 Å². The number of nitrogens with zero attached hydrogens (tertiary/aromatic N) is 4. The summed E-state index contributed by atoms with van der Waals surface area (Å²) in [7, 11) is 0. The van der Waals surface area contributed by atoms with Gasteiger partial charge in [-0.05, 0) is 43.7 Å². The number of rotatable bonds is 6. The first-order valence-corrected chi connectivity index (χ1v) is 9.91. The molecule has 0 unspecified atom stereocenters. The first-order valence-electron chi connectivity index (χ1n) is 9.91. The molecule has 0 bridgehead atoms. The lowest BCUT2D eigenvalue weighted by Crippen LogP contribution is -2.29. The maximum Gasteiger partial charge on any atom is 0.336 e. The number of nitrogens with one attached hydrogen (secondary N) is 1. The maximum absolute atomic E-state index is 12.6. The second-order valence-electron chi connectivity index (χ2n) is 7.29.